The zero-order chi connectivity index (χ0) is 20.3. The molecule has 0 bridgehead atoms. The van der Waals surface area contributed by atoms with E-state index in [9.17, 15) is 0 Å². The SMILES string of the molecule is CCCCC[C@H]1CC[C@H](c2ncc(CCc3ccc(CCCC)cc3)cn2)CC1. The highest BCUT2D eigenvalue weighted by Crippen LogP contribution is 2.36. The normalized spacial score (nSPS) is 19.4. The number of aromatic nitrogens is 2. The molecule has 1 saturated carbocycles. The van der Waals surface area contributed by atoms with Gasteiger partial charge in [-0.25, -0.2) is 9.97 Å². The van der Waals surface area contributed by atoms with Gasteiger partial charge < -0.3 is 0 Å². The van der Waals surface area contributed by atoms with Gasteiger partial charge in [-0.15, -0.1) is 0 Å². The summed E-state index contributed by atoms with van der Waals surface area (Å²) in [4.78, 5) is 9.50. The number of hydrogen-bond donors (Lipinski definition) is 0. The number of unbranched alkanes of at least 4 members (excludes halogenated alkanes) is 3. The second-order valence-electron chi connectivity index (χ2n) is 9.08. The molecule has 2 heteroatoms. The molecule has 158 valence electrons. The Balaban J connectivity index is 1.42. The largest absolute Gasteiger partial charge is 0.241 e. The molecule has 0 N–H and O–H groups in total. The van der Waals surface area contributed by atoms with Crippen molar-refractivity contribution in [3.05, 3.63) is 59.2 Å². The topological polar surface area (TPSA) is 25.8 Å². The lowest BCUT2D eigenvalue weighted by molar-refractivity contribution is 0.297. The highest BCUT2D eigenvalue weighted by atomic mass is 14.9. The van der Waals surface area contributed by atoms with Crippen molar-refractivity contribution < 1.29 is 0 Å². The Morgan fingerprint density at radius 3 is 1.90 bits per heavy atom. The quantitative estimate of drug-likeness (QED) is 0.371. The molecule has 29 heavy (non-hydrogen) atoms. The second-order valence-corrected chi connectivity index (χ2v) is 9.08. The predicted octanol–water partition coefficient (Wildman–Crippen LogP) is 7.46. The van der Waals surface area contributed by atoms with Gasteiger partial charge in [-0.3, -0.25) is 0 Å². The van der Waals surface area contributed by atoms with Gasteiger partial charge in [-0.1, -0.05) is 70.2 Å². The lowest BCUT2D eigenvalue weighted by Crippen LogP contribution is -2.15. The summed E-state index contributed by atoms with van der Waals surface area (Å²) < 4.78 is 0. The Bertz CT molecular complexity index is 681. The fourth-order valence-corrected chi connectivity index (χ4v) is 4.64. The number of hydrogen-bond acceptors (Lipinski definition) is 2. The average molecular weight is 393 g/mol. The Hall–Kier alpha value is -1.70. The van der Waals surface area contributed by atoms with Gasteiger partial charge in [-0.2, -0.15) is 0 Å². The fraction of sp³-hybridized carbons (Fsp3) is 0.630. The van der Waals surface area contributed by atoms with Gasteiger partial charge in [0.2, 0.25) is 0 Å². The predicted molar refractivity (Wildman–Crippen MR) is 123 cm³/mol. The van der Waals surface area contributed by atoms with Gasteiger partial charge in [-0.05, 0) is 74.0 Å². The van der Waals surface area contributed by atoms with Crippen LogP contribution in [0.2, 0.25) is 0 Å². The molecule has 0 spiro atoms. The van der Waals surface area contributed by atoms with E-state index in [1.807, 2.05) is 0 Å². The fourth-order valence-electron chi connectivity index (χ4n) is 4.64. The van der Waals surface area contributed by atoms with Crippen LogP contribution in [0.25, 0.3) is 0 Å². The van der Waals surface area contributed by atoms with Crippen LogP contribution in [-0.2, 0) is 19.3 Å². The van der Waals surface area contributed by atoms with Gasteiger partial charge in [0.1, 0.15) is 5.82 Å². The van der Waals surface area contributed by atoms with Crippen LogP contribution in [0, 0.1) is 5.92 Å². The summed E-state index contributed by atoms with van der Waals surface area (Å²) in [7, 11) is 0. The van der Waals surface area contributed by atoms with Crippen LogP contribution in [0.15, 0.2) is 36.7 Å². The van der Waals surface area contributed by atoms with Crippen molar-refractivity contribution in [3.8, 4) is 0 Å². The van der Waals surface area contributed by atoms with Gasteiger partial charge in [0.25, 0.3) is 0 Å². The molecular weight excluding hydrogens is 352 g/mol. The second kappa shape index (κ2) is 12.1. The lowest BCUT2D eigenvalue weighted by atomic mass is 9.79. The lowest BCUT2D eigenvalue weighted by Gasteiger charge is -2.27. The molecule has 0 radical (unpaired) electrons. The van der Waals surface area contributed by atoms with E-state index in [1.165, 1.54) is 87.3 Å². The van der Waals surface area contributed by atoms with Gasteiger partial charge in [0.15, 0.2) is 0 Å². The average Bonchev–Trinajstić information content (AvgIpc) is 2.78. The summed E-state index contributed by atoms with van der Waals surface area (Å²) in [5.74, 6) is 2.62. The van der Waals surface area contributed by atoms with E-state index in [2.05, 4.69) is 50.5 Å². The molecule has 1 fully saturated rings. The Morgan fingerprint density at radius 1 is 0.690 bits per heavy atom. The molecular formula is C27H40N2. The minimum absolute atomic E-state index is 0.585. The van der Waals surface area contributed by atoms with Gasteiger partial charge in [0, 0.05) is 18.3 Å². The summed E-state index contributed by atoms with van der Waals surface area (Å²) in [6.07, 6.45) is 20.9. The summed E-state index contributed by atoms with van der Waals surface area (Å²) in [6.45, 7) is 4.55. The maximum absolute atomic E-state index is 4.75. The number of nitrogens with zero attached hydrogens (tertiary/aromatic N) is 2. The molecule has 3 rings (SSSR count). The van der Waals surface area contributed by atoms with Gasteiger partial charge >= 0.3 is 0 Å². The number of aryl methyl sites for hydroxylation is 3. The first-order valence-electron chi connectivity index (χ1n) is 12.2. The standard InChI is InChI=1S/C27H40N2/c1-3-5-7-9-23-16-18-26(19-17-23)27-28-20-25(21-29-27)15-14-24-12-10-22(11-13-24)8-6-4-2/h10-13,20-21,23,26H,3-9,14-19H2,1-2H3/t23-,26-. The molecule has 1 aromatic heterocycles. The Labute approximate surface area is 178 Å². The minimum atomic E-state index is 0.585. The first-order valence-corrected chi connectivity index (χ1v) is 12.2. The van der Waals surface area contributed by atoms with E-state index >= 15 is 0 Å². The summed E-state index contributed by atoms with van der Waals surface area (Å²) in [5, 5.41) is 0. The van der Waals surface area contributed by atoms with Crippen molar-refractivity contribution in [1.82, 2.24) is 9.97 Å². The van der Waals surface area contributed by atoms with E-state index < -0.39 is 0 Å². The van der Waals surface area contributed by atoms with Crippen LogP contribution < -0.4 is 0 Å². The minimum Gasteiger partial charge on any atom is -0.241 e. The van der Waals surface area contributed by atoms with Crippen LogP contribution in [0.5, 0.6) is 0 Å². The molecule has 2 nitrogen and oxygen atoms in total. The van der Waals surface area contributed by atoms with Crippen molar-refractivity contribution in [2.75, 3.05) is 0 Å². The summed E-state index contributed by atoms with van der Waals surface area (Å²) in [5.41, 5.74) is 4.14. The molecule has 2 aromatic rings. The van der Waals surface area contributed by atoms with E-state index in [4.69, 9.17) is 9.97 Å². The third-order valence-electron chi connectivity index (χ3n) is 6.70. The third-order valence-corrected chi connectivity index (χ3v) is 6.70. The van der Waals surface area contributed by atoms with Crippen molar-refractivity contribution in [2.45, 2.75) is 103 Å². The summed E-state index contributed by atoms with van der Waals surface area (Å²) in [6, 6.07) is 9.17. The van der Waals surface area contributed by atoms with Crippen LogP contribution in [0.4, 0.5) is 0 Å². The Kier molecular flexibility index (Phi) is 9.18. The molecule has 1 aliphatic carbocycles. The van der Waals surface area contributed by atoms with Crippen LogP contribution in [0.1, 0.15) is 106 Å². The van der Waals surface area contributed by atoms with Crippen molar-refractivity contribution >= 4 is 0 Å². The van der Waals surface area contributed by atoms with E-state index in [0.29, 0.717) is 5.92 Å². The van der Waals surface area contributed by atoms with Crippen LogP contribution in [0.3, 0.4) is 0 Å². The van der Waals surface area contributed by atoms with Crippen molar-refractivity contribution in [2.24, 2.45) is 5.92 Å². The highest BCUT2D eigenvalue weighted by molar-refractivity contribution is 5.23. The molecule has 0 atom stereocenters. The van der Waals surface area contributed by atoms with E-state index in [1.54, 1.807) is 0 Å². The number of benzene rings is 1. The van der Waals surface area contributed by atoms with E-state index in [-0.39, 0.29) is 0 Å². The van der Waals surface area contributed by atoms with Gasteiger partial charge in [0.05, 0.1) is 0 Å². The first kappa shape index (κ1) is 22.0. The summed E-state index contributed by atoms with van der Waals surface area (Å²) >= 11 is 0. The first-order chi connectivity index (χ1) is 14.3. The number of rotatable bonds is 11. The molecule has 0 saturated heterocycles. The monoisotopic (exact) mass is 392 g/mol. The zero-order valence-corrected chi connectivity index (χ0v) is 18.7. The smallest absolute Gasteiger partial charge is 0.131 e. The zero-order valence-electron chi connectivity index (χ0n) is 18.7. The van der Waals surface area contributed by atoms with E-state index in [0.717, 1.165) is 24.6 Å². The van der Waals surface area contributed by atoms with Crippen LogP contribution in [-0.4, -0.2) is 9.97 Å². The van der Waals surface area contributed by atoms with Crippen molar-refractivity contribution in [1.29, 1.82) is 0 Å². The molecule has 0 aliphatic heterocycles. The van der Waals surface area contributed by atoms with Crippen molar-refractivity contribution in [3.63, 3.8) is 0 Å². The van der Waals surface area contributed by atoms with Crippen LogP contribution >= 0.6 is 0 Å². The highest BCUT2D eigenvalue weighted by Gasteiger charge is 2.23. The maximum atomic E-state index is 4.75. The maximum Gasteiger partial charge on any atom is 0.131 e. The Morgan fingerprint density at radius 2 is 1.28 bits per heavy atom. The molecule has 0 amide bonds. The molecule has 0 unspecified atom stereocenters. The third kappa shape index (κ3) is 7.24. The molecule has 1 heterocycles. The molecule has 1 aliphatic rings. The molecule has 1 aromatic carbocycles.